The van der Waals surface area contributed by atoms with Crippen LogP contribution in [-0.4, -0.2) is 28.8 Å². The van der Waals surface area contributed by atoms with Gasteiger partial charge in [0, 0.05) is 15.6 Å². The van der Waals surface area contributed by atoms with Crippen LogP contribution in [0.3, 0.4) is 0 Å². The molecule has 2 aromatic carbocycles. The Morgan fingerprint density at radius 1 is 1.27 bits per heavy atom. The summed E-state index contributed by atoms with van der Waals surface area (Å²) in [5.74, 6) is 0.405. The summed E-state index contributed by atoms with van der Waals surface area (Å²) in [4.78, 5) is 11.8. The summed E-state index contributed by atoms with van der Waals surface area (Å²) in [5.41, 5.74) is 6.94. The number of halogens is 2. The van der Waals surface area contributed by atoms with Crippen LogP contribution in [0.25, 0.3) is 0 Å². The Balaban J connectivity index is 1.67. The maximum atomic E-state index is 11.8. The van der Waals surface area contributed by atoms with Gasteiger partial charge in [0.15, 0.2) is 0 Å². The number of benzene rings is 2. The molecule has 134 valence electrons. The van der Waals surface area contributed by atoms with Crippen LogP contribution in [0, 0.1) is 0 Å². The van der Waals surface area contributed by atoms with Crippen molar-refractivity contribution in [3.63, 3.8) is 0 Å². The van der Waals surface area contributed by atoms with Crippen LogP contribution >= 0.6 is 35.4 Å². The molecule has 0 unspecified atom stereocenters. The zero-order valence-electron chi connectivity index (χ0n) is 13.4. The minimum atomic E-state index is -0.241. The Hall–Kier alpha value is -2.19. The zero-order chi connectivity index (χ0) is 18.5. The minimum Gasteiger partial charge on any atom is -0.489 e. The molecule has 0 bridgehead atoms. The summed E-state index contributed by atoms with van der Waals surface area (Å²) in [6.07, 6.45) is 1.54. The molecule has 2 N–H and O–H groups in total. The van der Waals surface area contributed by atoms with Crippen LogP contribution in [-0.2, 0) is 11.4 Å². The molecular formula is C17H14Cl2N4O2S. The summed E-state index contributed by atoms with van der Waals surface area (Å²) in [7, 11) is 0. The smallest absolute Gasteiger partial charge is 0.265 e. The first-order chi connectivity index (χ1) is 12.5. The first kappa shape index (κ1) is 18.6. The number of nitrogens with zero attached hydrogens (tertiary/aromatic N) is 2. The van der Waals surface area contributed by atoms with E-state index in [4.69, 9.17) is 40.2 Å². The van der Waals surface area contributed by atoms with Gasteiger partial charge in [-0.3, -0.25) is 10.2 Å². The second-order valence-electron chi connectivity index (χ2n) is 5.33. The van der Waals surface area contributed by atoms with Crippen LogP contribution in [0.15, 0.2) is 47.6 Å². The average molecular weight is 409 g/mol. The van der Waals surface area contributed by atoms with Crippen LogP contribution in [0.5, 0.6) is 5.75 Å². The molecule has 0 saturated carbocycles. The van der Waals surface area contributed by atoms with E-state index < -0.39 is 0 Å². The molecule has 3 rings (SSSR count). The number of thiocarbonyl (C=S) groups is 1. The summed E-state index contributed by atoms with van der Waals surface area (Å²) < 4.78 is 5.77. The van der Waals surface area contributed by atoms with Crippen molar-refractivity contribution in [1.82, 2.24) is 15.9 Å². The number of carbonyl (C=O) groups is 1. The number of rotatable bonds is 5. The van der Waals surface area contributed by atoms with Crippen molar-refractivity contribution in [3.05, 3.63) is 63.6 Å². The van der Waals surface area contributed by atoms with Gasteiger partial charge in [-0.1, -0.05) is 41.4 Å². The van der Waals surface area contributed by atoms with Gasteiger partial charge in [0.2, 0.25) is 5.11 Å². The van der Waals surface area contributed by atoms with Crippen LogP contribution in [0.4, 0.5) is 0 Å². The number of ether oxygens (including phenoxy) is 1. The maximum absolute atomic E-state index is 11.8. The average Bonchev–Trinajstić information content (AvgIpc) is 2.61. The topological polar surface area (TPSA) is 66.0 Å². The standard InChI is InChI=1S/C17H14Cl2N4O2S/c18-13-5-4-12(15(19)7-13)10-25-14-3-1-2-11(6-14)8-21-23-16(24)9-20-22-17(23)26/h1-8,20H,9-10H2,(H,22,26)/b21-8+. The molecule has 0 aliphatic carbocycles. The van der Waals surface area contributed by atoms with Gasteiger partial charge in [-0.25, -0.2) is 5.43 Å². The predicted octanol–water partition coefficient (Wildman–Crippen LogP) is 3.13. The third-order valence-electron chi connectivity index (χ3n) is 3.45. The third-order valence-corrected chi connectivity index (χ3v) is 4.32. The normalized spacial score (nSPS) is 14.6. The molecule has 0 aromatic heterocycles. The van der Waals surface area contributed by atoms with Crippen molar-refractivity contribution >= 4 is 52.7 Å². The largest absolute Gasteiger partial charge is 0.489 e. The lowest BCUT2D eigenvalue weighted by atomic mass is 10.2. The number of nitrogens with one attached hydrogen (secondary N) is 2. The van der Waals surface area contributed by atoms with E-state index in [1.54, 1.807) is 24.4 Å². The molecule has 26 heavy (non-hydrogen) atoms. The van der Waals surface area contributed by atoms with Crippen LogP contribution < -0.4 is 15.6 Å². The Kier molecular flexibility index (Phi) is 6.05. The van der Waals surface area contributed by atoms with Gasteiger partial charge in [-0.2, -0.15) is 10.1 Å². The van der Waals surface area contributed by atoms with Crippen molar-refractivity contribution in [1.29, 1.82) is 0 Å². The Morgan fingerprint density at radius 2 is 2.12 bits per heavy atom. The van der Waals surface area contributed by atoms with Gasteiger partial charge < -0.3 is 4.74 Å². The molecule has 0 radical (unpaired) electrons. The van der Waals surface area contributed by atoms with Gasteiger partial charge in [0.05, 0.1) is 12.8 Å². The molecule has 1 fully saturated rings. The molecule has 9 heteroatoms. The van der Waals surface area contributed by atoms with E-state index in [2.05, 4.69) is 16.0 Å². The number of hydrazone groups is 1. The Labute approximate surface area is 165 Å². The first-order valence-electron chi connectivity index (χ1n) is 7.59. The molecule has 1 heterocycles. The van der Waals surface area contributed by atoms with E-state index in [9.17, 15) is 4.79 Å². The lowest BCUT2D eigenvalue weighted by Gasteiger charge is -2.24. The summed E-state index contributed by atoms with van der Waals surface area (Å²) in [5, 5.41) is 6.58. The fourth-order valence-electron chi connectivity index (χ4n) is 2.16. The predicted molar refractivity (Wildman–Crippen MR) is 105 cm³/mol. The lowest BCUT2D eigenvalue weighted by Crippen LogP contribution is -2.56. The van der Waals surface area contributed by atoms with E-state index in [0.717, 1.165) is 16.1 Å². The molecular weight excluding hydrogens is 395 g/mol. The van der Waals surface area contributed by atoms with Gasteiger partial charge >= 0.3 is 0 Å². The monoisotopic (exact) mass is 408 g/mol. The highest BCUT2D eigenvalue weighted by Crippen LogP contribution is 2.23. The van der Waals surface area contributed by atoms with Gasteiger partial charge in [-0.05, 0) is 42.0 Å². The summed E-state index contributed by atoms with van der Waals surface area (Å²) >= 11 is 17.1. The Morgan fingerprint density at radius 3 is 2.88 bits per heavy atom. The quantitative estimate of drug-likeness (QED) is 0.587. The second-order valence-corrected chi connectivity index (χ2v) is 6.56. The van der Waals surface area contributed by atoms with Crippen molar-refractivity contribution < 1.29 is 9.53 Å². The van der Waals surface area contributed by atoms with E-state index in [1.165, 1.54) is 0 Å². The molecule has 0 atom stereocenters. The van der Waals surface area contributed by atoms with Gasteiger partial charge in [0.25, 0.3) is 5.91 Å². The van der Waals surface area contributed by atoms with Crippen molar-refractivity contribution in [2.45, 2.75) is 6.61 Å². The lowest BCUT2D eigenvalue weighted by molar-refractivity contribution is -0.127. The molecule has 0 spiro atoms. The van der Waals surface area contributed by atoms with Crippen molar-refractivity contribution in [2.75, 3.05) is 6.54 Å². The highest BCUT2D eigenvalue weighted by molar-refractivity contribution is 7.80. The summed E-state index contributed by atoms with van der Waals surface area (Å²) in [6, 6.07) is 12.5. The molecule has 6 nitrogen and oxygen atoms in total. The molecule has 1 aliphatic heterocycles. The summed E-state index contributed by atoms with van der Waals surface area (Å²) in [6.45, 7) is 0.420. The fraction of sp³-hybridized carbons (Fsp3) is 0.118. The van der Waals surface area contributed by atoms with E-state index in [1.807, 2.05) is 24.3 Å². The molecule has 1 aliphatic rings. The van der Waals surface area contributed by atoms with Gasteiger partial charge in [0.1, 0.15) is 12.4 Å². The second kappa shape index (κ2) is 8.46. The first-order valence-corrected chi connectivity index (χ1v) is 8.76. The number of amides is 1. The van der Waals surface area contributed by atoms with Crippen molar-refractivity contribution in [2.24, 2.45) is 5.10 Å². The van der Waals surface area contributed by atoms with E-state index in [-0.39, 0.29) is 17.6 Å². The maximum Gasteiger partial charge on any atom is 0.265 e. The van der Waals surface area contributed by atoms with E-state index >= 15 is 0 Å². The molecule has 1 saturated heterocycles. The minimum absolute atomic E-state index is 0.114. The SMILES string of the molecule is O=C1CNNC(=S)N1/N=C/c1cccc(OCc2ccc(Cl)cc2Cl)c1. The van der Waals surface area contributed by atoms with Crippen molar-refractivity contribution in [3.8, 4) is 5.75 Å². The van der Waals surface area contributed by atoms with E-state index in [0.29, 0.717) is 22.4 Å². The Bertz CT molecular complexity index is 860. The number of carbonyl (C=O) groups excluding carboxylic acids is 1. The molecule has 1 amide bonds. The highest BCUT2D eigenvalue weighted by atomic mass is 35.5. The third kappa shape index (κ3) is 4.70. The number of hydrazine groups is 1. The fourth-order valence-corrected chi connectivity index (χ4v) is 2.85. The number of hydrogen-bond acceptors (Lipinski definition) is 5. The molecule has 2 aromatic rings. The van der Waals surface area contributed by atoms with Gasteiger partial charge in [-0.15, -0.1) is 0 Å². The highest BCUT2D eigenvalue weighted by Gasteiger charge is 2.21. The van der Waals surface area contributed by atoms with Crippen LogP contribution in [0.1, 0.15) is 11.1 Å². The number of hydrogen-bond donors (Lipinski definition) is 2. The van der Waals surface area contributed by atoms with Crippen LogP contribution in [0.2, 0.25) is 10.0 Å². The zero-order valence-corrected chi connectivity index (χ0v) is 15.7.